The van der Waals surface area contributed by atoms with E-state index in [0.29, 0.717) is 24.9 Å². The summed E-state index contributed by atoms with van der Waals surface area (Å²) in [7, 11) is 1.52. The Hall–Kier alpha value is -3.02. The number of methoxy groups -OCH3 is 1. The molecule has 196 valence electrons. The monoisotopic (exact) mass is 513 g/mol. The molecule has 0 atom stereocenters. The largest absolute Gasteiger partial charge is 0.504 e. The lowest BCUT2D eigenvalue weighted by Crippen LogP contribution is -2.61. The molecule has 12 heteroatoms. The first-order valence-electron chi connectivity index (χ1n) is 11.8. The summed E-state index contributed by atoms with van der Waals surface area (Å²) in [6.07, 6.45) is -2.44. The van der Waals surface area contributed by atoms with E-state index in [1.54, 1.807) is 4.90 Å². The van der Waals surface area contributed by atoms with E-state index in [1.807, 2.05) is 6.92 Å². The molecule has 3 aliphatic carbocycles. The average molecular weight is 513 g/mol. The minimum atomic E-state index is -4.65. The Morgan fingerprint density at radius 1 is 1.25 bits per heavy atom. The maximum absolute atomic E-state index is 14.8. The molecular formula is C24H27F4N3O5. The van der Waals surface area contributed by atoms with E-state index in [1.165, 1.54) is 7.11 Å². The van der Waals surface area contributed by atoms with Crippen molar-refractivity contribution >= 4 is 17.6 Å². The van der Waals surface area contributed by atoms with Gasteiger partial charge in [0.1, 0.15) is 17.8 Å². The fraction of sp³-hybridized carbons (Fsp3) is 0.583. The molecule has 2 bridgehead atoms. The Kier molecular flexibility index (Phi) is 6.05. The molecule has 0 unspecified atom stereocenters. The summed E-state index contributed by atoms with van der Waals surface area (Å²) < 4.78 is 70.4. The first-order chi connectivity index (χ1) is 16.9. The van der Waals surface area contributed by atoms with Crippen LogP contribution in [-0.2, 0) is 11.2 Å². The molecule has 6 rings (SSSR count). The van der Waals surface area contributed by atoms with Gasteiger partial charge in [0.15, 0.2) is 23.0 Å². The third-order valence-corrected chi connectivity index (χ3v) is 7.17. The highest BCUT2D eigenvalue weighted by Gasteiger charge is 2.43. The van der Waals surface area contributed by atoms with Crippen molar-refractivity contribution in [3.05, 3.63) is 29.4 Å². The van der Waals surface area contributed by atoms with Gasteiger partial charge in [-0.2, -0.15) is 18.2 Å². The van der Waals surface area contributed by atoms with Crippen molar-refractivity contribution in [2.45, 2.75) is 56.9 Å². The maximum atomic E-state index is 14.8. The van der Waals surface area contributed by atoms with Crippen LogP contribution in [0.3, 0.4) is 0 Å². The fourth-order valence-corrected chi connectivity index (χ4v) is 5.30. The predicted molar refractivity (Wildman–Crippen MR) is 120 cm³/mol. The third kappa shape index (κ3) is 4.95. The number of anilines is 2. The number of carbonyl (C=O) groups excluding carboxylic acids is 1. The molecule has 36 heavy (non-hydrogen) atoms. The number of hydrogen-bond acceptors (Lipinski definition) is 7. The van der Waals surface area contributed by atoms with E-state index in [0.717, 1.165) is 37.8 Å². The number of nitrogens with one attached hydrogen (secondary N) is 1. The smallest absolute Gasteiger partial charge is 0.396 e. The van der Waals surface area contributed by atoms with Crippen molar-refractivity contribution in [2.24, 2.45) is 11.8 Å². The zero-order chi connectivity index (χ0) is 25.8. The second-order valence-electron chi connectivity index (χ2n) is 10.2. The van der Waals surface area contributed by atoms with Crippen molar-refractivity contribution in [1.82, 2.24) is 4.98 Å². The van der Waals surface area contributed by atoms with Gasteiger partial charge in [-0.3, -0.25) is 4.79 Å². The number of aromatic hydroxyl groups is 1. The minimum Gasteiger partial charge on any atom is -0.504 e. The van der Waals surface area contributed by atoms with Crippen LogP contribution in [-0.4, -0.2) is 54.1 Å². The number of carbonyl (C=O) groups is 1. The molecule has 1 aliphatic heterocycles. The molecule has 2 aromatic rings. The van der Waals surface area contributed by atoms with E-state index >= 15 is 0 Å². The number of phenolic OH excluding ortho intramolecular Hbond substituents is 1. The number of benzene rings is 1. The van der Waals surface area contributed by atoms with Crippen LogP contribution in [0.1, 0.15) is 48.9 Å². The summed E-state index contributed by atoms with van der Waals surface area (Å²) in [6.45, 7) is 2.46. The van der Waals surface area contributed by atoms with E-state index in [4.69, 9.17) is 13.9 Å². The number of rotatable bonds is 7. The molecule has 2 heterocycles. The summed E-state index contributed by atoms with van der Waals surface area (Å²) in [5.74, 6) is -2.27. The lowest BCUT2D eigenvalue weighted by Gasteiger charge is -2.45. The van der Waals surface area contributed by atoms with E-state index in [9.17, 15) is 27.5 Å². The minimum absolute atomic E-state index is 0.141. The molecule has 2 N–H and O–H groups in total. The lowest BCUT2D eigenvalue weighted by molar-refractivity contribution is -0.130. The Labute approximate surface area is 204 Å². The topological polar surface area (TPSA) is 97.1 Å². The van der Waals surface area contributed by atoms with Crippen LogP contribution in [0, 0.1) is 17.7 Å². The number of phenols is 1. The number of oxazole rings is 1. The summed E-state index contributed by atoms with van der Waals surface area (Å²) in [5.41, 5.74) is -1.24. The number of alkyl halides is 3. The van der Waals surface area contributed by atoms with Crippen LogP contribution in [0.5, 0.6) is 11.5 Å². The number of nitrogens with zero attached hydrogens (tertiary/aromatic N) is 2. The molecule has 1 aromatic carbocycles. The van der Waals surface area contributed by atoms with Crippen molar-refractivity contribution in [2.75, 3.05) is 30.4 Å². The Morgan fingerprint density at radius 3 is 2.50 bits per heavy atom. The van der Waals surface area contributed by atoms with Crippen molar-refractivity contribution in [3.63, 3.8) is 0 Å². The summed E-state index contributed by atoms with van der Waals surface area (Å²) >= 11 is 0. The molecule has 4 fully saturated rings. The molecular weight excluding hydrogens is 486 g/mol. The number of halogens is 4. The zero-order valence-electron chi connectivity index (χ0n) is 19.8. The van der Waals surface area contributed by atoms with E-state index < -0.39 is 47.1 Å². The molecule has 1 amide bonds. The normalized spacial score (nSPS) is 24.6. The Balaban J connectivity index is 1.32. The highest BCUT2D eigenvalue weighted by molar-refractivity contribution is 6.04. The van der Waals surface area contributed by atoms with E-state index in [-0.39, 0.29) is 23.6 Å². The van der Waals surface area contributed by atoms with Crippen LogP contribution in [0.15, 0.2) is 16.5 Å². The van der Waals surface area contributed by atoms with E-state index in [2.05, 4.69) is 10.3 Å². The fourth-order valence-electron chi connectivity index (χ4n) is 5.30. The van der Waals surface area contributed by atoms with Gasteiger partial charge in [-0.15, -0.1) is 0 Å². The van der Waals surface area contributed by atoms with Gasteiger partial charge in [0, 0.05) is 24.9 Å². The van der Waals surface area contributed by atoms with Gasteiger partial charge < -0.3 is 29.2 Å². The zero-order valence-corrected chi connectivity index (χ0v) is 19.8. The number of fused-ring (bicyclic) bond motifs is 2. The average Bonchev–Trinajstić information content (AvgIpc) is 3.15. The second kappa shape index (κ2) is 8.82. The maximum Gasteiger partial charge on any atom is 0.396 e. The van der Waals surface area contributed by atoms with Gasteiger partial charge in [-0.1, -0.05) is 0 Å². The molecule has 3 saturated carbocycles. The van der Waals surface area contributed by atoms with Gasteiger partial charge in [0.25, 0.3) is 11.9 Å². The molecule has 4 aliphatic rings. The van der Waals surface area contributed by atoms with Gasteiger partial charge >= 0.3 is 6.18 Å². The van der Waals surface area contributed by atoms with Gasteiger partial charge in [-0.25, -0.2) is 4.39 Å². The van der Waals surface area contributed by atoms with Crippen LogP contribution in [0.25, 0.3) is 0 Å². The number of hydrogen-bond donors (Lipinski definition) is 2. The van der Waals surface area contributed by atoms with Crippen LogP contribution in [0.2, 0.25) is 0 Å². The molecule has 1 saturated heterocycles. The van der Waals surface area contributed by atoms with Gasteiger partial charge in [-0.05, 0) is 44.4 Å². The quantitative estimate of drug-likeness (QED) is 0.520. The summed E-state index contributed by atoms with van der Waals surface area (Å²) in [5, 5.41) is 12.6. The molecule has 1 aromatic heterocycles. The first-order valence-corrected chi connectivity index (χ1v) is 11.8. The van der Waals surface area contributed by atoms with Crippen LogP contribution < -0.4 is 15.0 Å². The highest BCUT2D eigenvalue weighted by atomic mass is 19.4. The van der Waals surface area contributed by atoms with Crippen LogP contribution in [0.4, 0.5) is 29.3 Å². The lowest BCUT2D eigenvalue weighted by atomic mass is 9.64. The predicted octanol–water partition coefficient (Wildman–Crippen LogP) is 4.67. The van der Waals surface area contributed by atoms with Gasteiger partial charge in [0.2, 0.25) is 0 Å². The SMILES string of the molecule is COC1(C)CN(c2nc(C(=O)Nc3cc(O)c(OC4CC5CC(C5)C4)c(F)c3)c(CC(F)(F)F)o2)C1. The molecule has 8 nitrogen and oxygen atoms in total. The number of aromatic nitrogens is 1. The summed E-state index contributed by atoms with van der Waals surface area (Å²) in [4.78, 5) is 18.4. The van der Waals surface area contributed by atoms with Crippen molar-refractivity contribution in [1.29, 1.82) is 0 Å². The molecule has 0 spiro atoms. The Bertz CT molecular complexity index is 1120. The van der Waals surface area contributed by atoms with Crippen LogP contribution >= 0.6 is 0 Å². The van der Waals surface area contributed by atoms with Crippen molar-refractivity contribution < 1.29 is 41.4 Å². The second-order valence-corrected chi connectivity index (χ2v) is 10.2. The molecule has 0 radical (unpaired) electrons. The Morgan fingerprint density at radius 2 is 1.92 bits per heavy atom. The summed E-state index contributed by atoms with van der Waals surface area (Å²) in [6, 6.07) is 1.89. The first kappa shape index (κ1) is 24.7. The third-order valence-electron chi connectivity index (χ3n) is 7.17. The van der Waals surface area contributed by atoms with Crippen molar-refractivity contribution in [3.8, 4) is 11.5 Å². The standard InChI is InChI=1S/C24H27F4N3O5/c1-23(34-2)10-31(11-23)22-30-19(18(36-22)9-24(26,27)28)21(33)29-14-7-16(25)20(17(32)8-14)35-15-5-12-3-13(4-12)6-15/h7-8,12-13,15,32H,3-6,9-11H2,1-2H3,(H,29,33). The number of ether oxygens (including phenoxy) is 2. The van der Waals surface area contributed by atoms with Gasteiger partial charge in [0.05, 0.1) is 19.2 Å². The highest BCUT2D eigenvalue weighted by Crippen LogP contribution is 2.47. The number of amides is 1.